The summed E-state index contributed by atoms with van der Waals surface area (Å²) in [5.74, 6) is 0.322. The summed E-state index contributed by atoms with van der Waals surface area (Å²) < 4.78 is 11.0. The number of nitrogens with one attached hydrogen (secondary N) is 1. The van der Waals surface area contributed by atoms with Gasteiger partial charge in [0, 0.05) is 13.1 Å². The van der Waals surface area contributed by atoms with Crippen molar-refractivity contribution in [3.05, 3.63) is 59.2 Å². The molecule has 0 saturated carbocycles. The summed E-state index contributed by atoms with van der Waals surface area (Å²) in [5.41, 5.74) is 3.68. The van der Waals surface area contributed by atoms with Crippen LogP contribution in [0.3, 0.4) is 0 Å². The minimum Gasteiger partial charge on any atom is -0.484 e. The van der Waals surface area contributed by atoms with Gasteiger partial charge < -0.3 is 19.7 Å². The fourth-order valence-corrected chi connectivity index (χ4v) is 3.85. The number of morpholine rings is 1. The van der Waals surface area contributed by atoms with E-state index < -0.39 is 0 Å². The minimum atomic E-state index is -0.287. The Hall–Kier alpha value is -2.86. The van der Waals surface area contributed by atoms with Crippen LogP contribution in [0, 0.1) is 0 Å². The van der Waals surface area contributed by atoms with Crippen molar-refractivity contribution in [2.75, 3.05) is 38.2 Å². The third-order valence-corrected chi connectivity index (χ3v) is 5.42. The number of ether oxygens (including phenoxy) is 2. The molecule has 0 aromatic heterocycles. The first-order chi connectivity index (χ1) is 14.2. The van der Waals surface area contributed by atoms with Gasteiger partial charge in [-0.3, -0.25) is 9.59 Å². The highest BCUT2D eigenvalue weighted by molar-refractivity contribution is 6.04. The lowest BCUT2D eigenvalue weighted by Crippen LogP contribution is -2.41. The number of rotatable bonds is 5. The van der Waals surface area contributed by atoms with Crippen molar-refractivity contribution in [1.29, 1.82) is 0 Å². The molecule has 4 rings (SSSR count). The number of hydrogen-bond acceptors (Lipinski definition) is 4. The van der Waals surface area contributed by atoms with E-state index in [1.54, 1.807) is 29.2 Å². The average Bonchev–Trinajstić information content (AvgIpc) is 2.78. The second-order valence-electron chi connectivity index (χ2n) is 7.42. The summed E-state index contributed by atoms with van der Waals surface area (Å²) in [6, 6.07) is 13.1. The predicted molar refractivity (Wildman–Crippen MR) is 110 cm³/mol. The number of nitrogens with zero attached hydrogens (tertiary/aromatic N) is 1. The second-order valence-corrected chi connectivity index (χ2v) is 7.42. The smallest absolute Gasteiger partial charge is 0.262 e. The molecule has 6 nitrogen and oxygen atoms in total. The van der Waals surface area contributed by atoms with Crippen molar-refractivity contribution < 1.29 is 19.1 Å². The Morgan fingerprint density at radius 1 is 1.00 bits per heavy atom. The largest absolute Gasteiger partial charge is 0.484 e. The van der Waals surface area contributed by atoms with E-state index in [2.05, 4.69) is 11.4 Å². The van der Waals surface area contributed by atoms with E-state index in [0.717, 1.165) is 12.8 Å². The fourth-order valence-electron chi connectivity index (χ4n) is 3.85. The quantitative estimate of drug-likeness (QED) is 0.846. The number of fused-ring (bicyclic) bond motifs is 1. The van der Waals surface area contributed by atoms with Crippen molar-refractivity contribution in [3.8, 4) is 5.75 Å². The normalized spacial score (nSPS) is 16.1. The molecule has 0 atom stereocenters. The summed E-state index contributed by atoms with van der Waals surface area (Å²) >= 11 is 0. The Labute approximate surface area is 170 Å². The van der Waals surface area contributed by atoms with Gasteiger partial charge in [-0.2, -0.15) is 0 Å². The van der Waals surface area contributed by atoms with Crippen molar-refractivity contribution in [1.82, 2.24) is 4.90 Å². The van der Waals surface area contributed by atoms with Gasteiger partial charge in [-0.15, -0.1) is 0 Å². The van der Waals surface area contributed by atoms with Crippen molar-refractivity contribution in [2.24, 2.45) is 0 Å². The molecule has 152 valence electrons. The van der Waals surface area contributed by atoms with Crippen LogP contribution in [-0.4, -0.2) is 49.6 Å². The third-order valence-electron chi connectivity index (χ3n) is 5.42. The zero-order valence-corrected chi connectivity index (χ0v) is 16.5. The van der Waals surface area contributed by atoms with Crippen LogP contribution in [0.5, 0.6) is 5.75 Å². The van der Waals surface area contributed by atoms with Crippen molar-refractivity contribution in [2.45, 2.75) is 25.7 Å². The fraction of sp³-hybridized carbons (Fsp3) is 0.391. The number of anilines is 1. The number of aryl methyl sites for hydroxylation is 2. The van der Waals surface area contributed by atoms with Crippen LogP contribution in [0.2, 0.25) is 0 Å². The molecule has 1 fully saturated rings. The highest BCUT2D eigenvalue weighted by Gasteiger charge is 2.21. The van der Waals surface area contributed by atoms with E-state index in [9.17, 15) is 9.59 Å². The highest BCUT2D eigenvalue weighted by Crippen LogP contribution is 2.25. The summed E-state index contributed by atoms with van der Waals surface area (Å²) in [6.07, 6.45) is 4.61. The van der Waals surface area contributed by atoms with Crippen LogP contribution in [0.1, 0.15) is 34.3 Å². The molecule has 0 bridgehead atoms. The lowest BCUT2D eigenvalue weighted by Gasteiger charge is -2.27. The van der Waals surface area contributed by atoms with E-state index in [-0.39, 0.29) is 18.4 Å². The second kappa shape index (κ2) is 9.09. The van der Waals surface area contributed by atoms with Crippen LogP contribution in [-0.2, 0) is 22.4 Å². The first-order valence-corrected chi connectivity index (χ1v) is 10.2. The van der Waals surface area contributed by atoms with Gasteiger partial charge >= 0.3 is 0 Å². The van der Waals surface area contributed by atoms with Gasteiger partial charge in [0.2, 0.25) is 0 Å². The molecule has 0 radical (unpaired) electrons. The number of carbonyl (C=O) groups excluding carboxylic acids is 2. The highest BCUT2D eigenvalue weighted by atomic mass is 16.5. The lowest BCUT2D eigenvalue weighted by atomic mass is 9.92. The first-order valence-electron chi connectivity index (χ1n) is 10.2. The Balaban J connectivity index is 1.38. The van der Waals surface area contributed by atoms with Gasteiger partial charge in [-0.05, 0) is 61.1 Å². The minimum absolute atomic E-state index is 0.0974. The average molecular weight is 394 g/mol. The molecule has 6 heteroatoms. The molecule has 1 aliphatic carbocycles. The molecule has 1 heterocycles. The van der Waals surface area contributed by atoms with Gasteiger partial charge in [-0.25, -0.2) is 0 Å². The Bertz CT molecular complexity index is 890. The van der Waals surface area contributed by atoms with Gasteiger partial charge in [0.05, 0.1) is 24.5 Å². The number of para-hydroxylation sites is 1. The third kappa shape index (κ3) is 4.77. The number of amides is 2. The van der Waals surface area contributed by atoms with Crippen LogP contribution >= 0.6 is 0 Å². The number of benzene rings is 2. The SMILES string of the molecule is O=C(COc1ccc2c(c1)CCCC2)Nc1ccccc1C(=O)N1CCOCC1. The monoisotopic (exact) mass is 394 g/mol. The molecule has 1 N–H and O–H groups in total. The Kier molecular flexibility index (Phi) is 6.10. The lowest BCUT2D eigenvalue weighted by molar-refractivity contribution is -0.118. The van der Waals surface area contributed by atoms with E-state index in [0.29, 0.717) is 43.3 Å². The molecule has 0 spiro atoms. The predicted octanol–water partition coefficient (Wildman–Crippen LogP) is 3.06. The van der Waals surface area contributed by atoms with Gasteiger partial charge in [0.1, 0.15) is 5.75 Å². The standard InChI is InChI=1S/C23H26N2O4/c26-22(16-29-19-10-9-17-5-1-2-6-18(17)15-19)24-21-8-4-3-7-20(21)23(27)25-11-13-28-14-12-25/h3-4,7-10,15H,1-2,5-6,11-14,16H2,(H,24,26). The van der Waals surface area contributed by atoms with E-state index in [4.69, 9.17) is 9.47 Å². The van der Waals surface area contributed by atoms with Crippen molar-refractivity contribution in [3.63, 3.8) is 0 Å². The topological polar surface area (TPSA) is 67.9 Å². The summed E-state index contributed by atoms with van der Waals surface area (Å²) in [7, 11) is 0. The molecular weight excluding hydrogens is 368 g/mol. The molecule has 2 aliphatic rings. The van der Waals surface area contributed by atoms with Crippen molar-refractivity contribution >= 4 is 17.5 Å². The molecular formula is C23H26N2O4. The zero-order valence-electron chi connectivity index (χ0n) is 16.5. The van der Waals surface area contributed by atoms with E-state index >= 15 is 0 Å². The van der Waals surface area contributed by atoms with E-state index in [1.807, 2.05) is 12.1 Å². The van der Waals surface area contributed by atoms with Crippen LogP contribution in [0.15, 0.2) is 42.5 Å². The van der Waals surface area contributed by atoms with Gasteiger partial charge in [0.25, 0.3) is 11.8 Å². The van der Waals surface area contributed by atoms with Crippen LogP contribution in [0.4, 0.5) is 5.69 Å². The molecule has 29 heavy (non-hydrogen) atoms. The summed E-state index contributed by atoms with van der Waals surface area (Å²) in [4.78, 5) is 27.0. The number of hydrogen-bond donors (Lipinski definition) is 1. The maximum atomic E-state index is 12.8. The summed E-state index contributed by atoms with van der Waals surface area (Å²) in [5, 5.41) is 2.82. The first kappa shape index (κ1) is 19.5. The van der Waals surface area contributed by atoms with Crippen LogP contribution < -0.4 is 10.1 Å². The maximum absolute atomic E-state index is 12.8. The zero-order chi connectivity index (χ0) is 20.1. The number of carbonyl (C=O) groups is 2. The summed E-state index contributed by atoms with van der Waals surface area (Å²) in [6.45, 7) is 2.09. The van der Waals surface area contributed by atoms with Gasteiger partial charge in [0.15, 0.2) is 6.61 Å². The maximum Gasteiger partial charge on any atom is 0.262 e. The van der Waals surface area contributed by atoms with Gasteiger partial charge in [-0.1, -0.05) is 18.2 Å². The molecule has 2 aromatic rings. The molecule has 0 unspecified atom stereocenters. The Morgan fingerprint density at radius 2 is 1.76 bits per heavy atom. The molecule has 2 amide bonds. The van der Waals surface area contributed by atoms with Crippen LogP contribution in [0.25, 0.3) is 0 Å². The Morgan fingerprint density at radius 3 is 2.59 bits per heavy atom. The molecule has 1 aliphatic heterocycles. The molecule has 1 saturated heterocycles. The van der Waals surface area contributed by atoms with E-state index in [1.165, 1.54) is 24.0 Å². The molecule has 2 aromatic carbocycles.